The largest absolute Gasteiger partial charge is 0.392 e. The Balaban J connectivity index is 2.69. The number of aromatic amines is 1. The number of hydrogen-bond acceptors (Lipinski definition) is 3. The van der Waals surface area contributed by atoms with E-state index in [-0.39, 0.29) is 11.1 Å². The van der Waals surface area contributed by atoms with E-state index in [0.717, 1.165) is 0 Å². The number of nitrogens with zero attached hydrogens (tertiary/aromatic N) is 1. The molecule has 0 aliphatic carbocycles. The molecule has 2 N–H and O–H groups in total. The molecule has 0 saturated heterocycles. The van der Waals surface area contributed by atoms with Crippen LogP contribution in [-0.2, 0) is 6.61 Å². The maximum absolute atomic E-state index is 13.6. The number of nitriles is 1. The Hall–Kier alpha value is -2.45. The van der Waals surface area contributed by atoms with Crippen LogP contribution in [0.25, 0.3) is 11.1 Å². The zero-order chi connectivity index (χ0) is 14.0. The number of halogens is 1. The van der Waals surface area contributed by atoms with E-state index in [9.17, 15) is 9.18 Å². The molecule has 1 aromatic heterocycles. The van der Waals surface area contributed by atoms with E-state index in [1.165, 1.54) is 12.1 Å². The molecule has 0 aliphatic rings. The molecule has 0 bridgehead atoms. The average molecular weight is 258 g/mol. The molecular weight excluding hydrogens is 247 g/mol. The summed E-state index contributed by atoms with van der Waals surface area (Å²) in [6, 6.07) is 7.66. The molecule has 19 heavy (non-hydrogen) atoms. The van der Waals surface area contributed by atoms with Gasteiger partial charge in [0.15, 0.2) is 0 Å². The highest BCUT2D eigenvalue weighted by atomic mass is 19.1. The maximum atomic E-state index is 13.6. The van der Waals surface area contributed by atoms with Gasteiger partial charge >= 0.3 is 0 Å². The number of rotatable bonds is 2. The summed E-state index contributed by atoms with van der Waals surface area (Å²) in [5.74, 6) is -0.568. The van der Waals surface area contributed by atoms with Gasteiger partial charge in [-0.05, 0) is 24.6 Å². The third kappa shape index (κ3) is 2.39. The van der Waals surface area contributed by atoms with Crippen molar-refractivity contribution in [2.75, 3.05) is 0 Å². The SMILES string of the molecule is Cc1cc(-c2ccc(CO)c(F)c2)c(C#N)c(=O)[nH]1. The van der Waals surface area contributed by atoms with Crippen LogP contribution in [0.15, 0.2) is 29.1 Å². The van der Waals surface area contributed by atoms with Gasteiger partial charge in [0.1, 0.15) is 17.4 Å². The van der Waals surface area contributed by atoms with Crippen LogP contribution < -0.4 is 5.56 Å². The van der Waals surface area contributed by atoms with Gasteiger partial charge in [-0.15, -0.1) is 0 Å². The van der Waals surface area contributed by atoms with Crippen molar-refractivity contribution in [2.24, 2.45) is 0 Å². The van der Waals surface area contributed by atoms with Gasteiger partial charge in [0.25, 0.3) is 5.56 Å². The van der Waals surface area contributed by atoms with Crippen molar-refractivity contribution < 1.29 is 9.50 Å². The summed E-state index contributed by atoms with van der Waals surface area (Å²) in [6.07, 6.45) is 0. The van der Waals surface area contributed by atoms with Gasteiger partial charge in [0.2, 0.25) is 0 Å². The quantitative estimate of drug-likeness (QED) is 0.863. The Morgan fingerprint density at radius 3 is 2.74 bits per heavy atom. The molecule has 0 spiro atoms. The fourth-order valence-electron chi connectivity index (χ4n) is 1.87. The standard InChI is InChI=1S/C14H11FN2O2/c1-8-4-11(12(6-16)14(19)17-8)9-2-3-10(7-18)13(15)5-9/h2-5,18H,7H2,1H3,(H,17,19). The molecular formula is C14H11FN2O2. The van der Waals surface area contributed by atoms with E-state index in [2.05, 4.69) is 4.98 Å². The van der Waals surface area contributed by atoms with Crippen LogP contribution >= 0.6 is 0 Å². The second-order valence-corrected chi connectivity index (χ2v) is 4.15. The number of H-pyrrole nitrogens is 1. The third-order valence-corrected chi connectivity index (χ3v) is 2.81. The van der Waals surface area contributed by atoms with Crippen molar-refractivity contribution in [1.29, 1.82) is 5.26 Å². The molecule has 0 fully saturated rings. The van der Waals surface area contributed by atoms with Crippen molar-refractivity contribution in [1.82, 2.24) is 4.98 Å². The minimum Gasteiger partial charge on any atom is -0.392 e. The van der Waals surface area contributed by atoms with Crippen LogP contribution in [0, 0.1) is 24.1 Å². The monoisotopic (exact) mass is 258 g/mol. The van der Waals surface area contributed by atoms with Crippen molar-refractivity contribution in [3.05, 3.63) is 57.3 Å². The van der Waals surface area contributed by atoms with Crippen LogP contribution in [-0.4, -0.2) is 10.1 Å². The summed E-state index contributed by atoms with van der Waals surface area (Å²) in [5, 5.41) is 17.9. The average Bonchev–Trinajstić information content (AvgIpc) is 2.37. The van der Waals surface area contributed by atoms with Gasteiger partial charge in [-0.25, -0.2) is 4.39 Å². The van der Waals surface area contributed by atoms with Crippen LogP contribution in [0.3, 0.4) is 0 Å². The minimum absolute atomic E-state index is 0.0539. The van der Waals surface area contributed by atoms with E-state index in [1.54, 1.807) is 19.1 Å². The van der Waals surface area contributed by atoms with Gasteiger partial charge in [0.05, 0.1) is 6.61 Å². The number of hydrogen-bond donors (Lipinski definition) is 2. The molecule has 2 aromatic rings. The Morgan fingerprint density at radius 1 is 1.42 bits per heavy atom. The number of aryl methyl sites for hydroxylation is 1. The highest BCUT2D eigenvalue weighted by molar-refractivity contribution is 5.70. The zero-order valence-electron chi connectivity index (χ0n) is 10.2. The van der Waals surface area contributed by atoms with Crippen LogP contribution in [0.1, 0.15) is 16.8 Å². The number of aliphatic hydroxyl groups excluding tert-OH is 1. The summed E-state index contributed by atoms with van der Waals surface area (Å²) in [6.45, 7) is 1.29. The maximum Gasteiger partial charge on any atom is 0.266 e. The first kappa shape index (κ1) is 13.0. The predicted octanol–water partition coefficient (Wildman–Crippen LogP) is 1.85. The van der Waals surface area contributed by atoms with Gasteiger partial charge < -0.3 is 10.1 Å². The van der Waals surface area contributed by atoms with E-state index in [4.69, 9.17) is 10.4 Å². The summed E-state index contributed by atoms with van der Waals surface area (Å²) in [4.78, 5) is 14.2. The summed E-state index contributed by atoms with van der Waals surface area (Å²) < 4.78 is 13.6. The highest BCUT2D eigenvalue weighted by Gasteiger charge is 2.12. The summed E-state index contributed by atoms with van der Waals surface area (Å²) >= 11 is 0. The first-order valence-corrected chi connectivity index (χ1v) is 5.60. The van der Waals surface area contributed by atoms with Crippen molar-refractivity contribution in [3.63, 3.8) is 0 Å². The van der Waals surface area contributed by atoms with E-state index in [0.29, 0.717) is 16.8 Å². The first-order chi connectivity index (χ1) is 9.06. The number of nitrogens with one attached hydrogen (secondary N) is 1. The smallest absolute Gasteiger partial charge is 0.266 e. The Labute approximate surface area is 108 Å². The molecule has 0 amide bonds. The van der Waals surface area contributed by atoms with Crippen LogP contribution in [0.2, 0.25) is 0 Å². The fraction of sp³-hybridized carbons (Fsp3) is 0.143. The van der Waals surface area contributed by atoms with E-state index < -0.39 is 18.0 Å². The van der Waals surface area contributed by atoms with E-state index >= 15 is 0 Å². The van der Waals surface area contributed by atoms with Crippen molar-refractivity contribution in [3.8, 4) is 17.2 Å². The number of benzene rings is 1. The van der Waals surface area contributed by atoms with Crippen molar-refractivity contribution >= 4 is 0 Å². The molecule has 0 unspecified atom stereocenters. The van der Waals surface area contributed by atoms with Gasteiger partial charge in [0, 0.05) is 16.8 Å². The number of pyridine rings is 1. The first-order valence-electron chi connectivity index (χ1n) is 5.60. The second-order valence-electron chi connectivity index (χ2n) is 4.15. The minimum atomic E-state index is -0.568. The van der Waals surface area contributed by atoms with Crippen molar-refractivity contribution in [2.45, 2.75) is 13.5 Å². The van der Waals surface area contributed by atoms with Crippen LogP contribution in [0.4, 0.5) is 4.39 Å². The molecule has 0 atom stereocenters. The van der Waals surface area contributed by atoms with Gasteiger partial charge in [-0.3, -0.25) is 4.79 Å². The lowest BCUT2D eigenvalue weighted by Crippen LogP contribution is -2.12. The molecule has 0 saturated carbocycles. The number of aliphatic hydroxyl groups is 1. The molecule has 0 radical (unpaired) electrons. The summed E-state index contributed by atoms with van der Waals surface area (Å²) in [5.41, 5.74) is 1.02. The molecule has 1 heterocycles. The Morgan fingerprint density at radius 2 is 2.16 bits per heavy atom. The third-order valence-electron chi connectivity index (χ3n) is 2.81. The zero-order valence-corrected chi connectivity index (χ0v) is 10.2. The Kier molecular flexibility index (Phi) is 3.45. The molecule has 1 aromatic carbocycles. The highest BCUT2D eigenvalue weighted by Crippen LogP contribution is 2.24. The lowest BCUT2D eigenvalue weighted by Gasteiger charge is -2.07. The van der Waals surface area contributed by atoms with Gasteiger partial charge in [-0.1, -0.05) is 12.1 Å². The Bertz CT molecular complexity index is 729. The van der Waals surface area contributed by atoms with Crippen LogP contribution in [0.5, 0.6) is 0 Å². The number of aromatic nitrogens is 1. The van der Waals surface area contributed by atoms with Gasteiger partial charge in [-0.2, -0.15) is 5.26 Å². The summed E-state index contributed by atoms with van der Waals surface area (Å²) in [7, 11) is 0. The lowest BCUT2D eigenvalue weighted by molar-refractivity contribution is 0.276. The predicted molar refractivity (Wildman–Crippen MR) is 67.8 cm³/mol. The topological polar surface area (TPSA) is 76.9 Å². The fourth-order valence-corrected chi connectivity index (χ4v) is 1.87. The molecule has 0 aliphatic heterocycles. The second kappa shape index (κ2) is 5.04. The molecule has 4 nitrogen and oxygen atoms in total. The normalized spacial score (nSPS) is 10.2. The molecule has 2 rings (SSSR count). The lowest BCUT2D eigenvalue weighted by atomic mass is 9.99. The molecule has 5 heteroatoms. The van der Waals surface area contributed by atoms with E-state index in [1.807, 2.05) is 6.07 Å². The molecule has 96 valence electrons.